The summed E-state index contributed by atoms with van der Waals surface area (Å²) in [4.78, 5) is 2.50. The number of anilines is 1. The van der Waals surface area contributed by atoms with E-state index in [1.54, 1.807) is 13.2 Å². The Morgan fingerprint density at radius 2 is 2.16 bits per heavy atom. The number of benzene rings is 1. The van der Waals surface area contributed by atoms with Gasteiger partial charge in [-0.05, 0) is 51.0 Å². The van der Waals surface area contributed by atoms with Crippen LogP contribution in [0.15, 0.2) is 18.2 Å². The van der Waals surface area contributed by atoms with E-state index < -0.39 is 0 Å². The Kier molecular flexibility index (Phi) is 5.05. The van der Waals surface area contributed by atoms with Crippen molar-refractivity contribution < 1.29 is 4.74 Å². The van der Waals surface area contributed by atoms with Crippen LogP contribution in [0.5, 0.6) is 5.75 Å². The van der Waals surface area contributed by atoms with Crippen molar-refractivity contribution in [3.63, 3.8) is 0 Å². The molecule has 4 heteroatoms. The SMILES string of the molecule is COc1ccc(C#N)c(NCCCN2CCCC2)c1. The van der Waals surface area contributed by atoms with Gasteiger partial charge in [0.05, 0.1) is 18.4 Å². The molecule has 0 amide bonds. The number of nitrogens with zero attached hydrogens (tertiary/aromatic N) is 2. The molecule has 19 heavy (non-hydrogen) atoms. The lowest BCUT2D eigenvalue weighted by Gasteiger charge is -2.15. The first-order valence-electron chi connectivity index (χ1n) is 6.88. The Morgan fingerprint density at radius 3 is 2.84 bits per heavy atom. The second-order valence-corrected chi connectivity index (χ2v) is 4.85. The van der Waals surface area contributed by atoms with E-state index in [2.05, 4.69) is 16.3 Å². The molecule has 0 unspecified atom stereocenters. The van der Waals surface area contributed by atoms with Crippen molar-refractivity contribution in [2.75, 3.05) is 38.6 Å². The molecule has 0 bridgehead atoms. The first-order valence-corrected chi connectivity index (χ1v) is 6.88. The van der Waals surface area contributed by atoms with Gasteiger partial charge in [-0.3, -0.25) is 0 Å². The molecule has 1 aliphatic rings. The number of likely N-dealkylation sites (tertiary alicyclic amines) is 1. The van der Waals surface area contributed by atoms with Crippen LogP contribution in [0, 0.1) is 11.3 Å². The van der Waals surface area contributed by atoms with Crippen molar-refractivity contribution in [3.05, 3.63) is 23.8 Å². The van der Waals surface area contributed by atoms with Gasteiger partial charge < -0.3 is 15.0 Å². The van der Waals surface area contributed by atoms with Gasteiger partial charge in [0.2, 0.25) is 0 Å². The summed E-state index contributed by atoms with van der Waals surface area (Å²) in [6.45, 7) is 4.50. The van der Waals surface area contributed by atoms with Crippen molar-refractivity contribution in [2.45, 2.75) is 19.3 Å². The van der Waals surface area contributed by atoms with Gasteiger partial charge in [0.1, 0.15) is 11.8 Å². The molecular weight excluding hydrogens is 238 g/mol. The third-order valence-corrected chi connectivity index (χ3v) is 3.51. The second kappa shape index (κ2) is 7.01. The van der Waals surface area contributed by atoms with Gasteiger partial charge in [-0.2, -0.15) is 5.26 Å². The van der Waals surface area contributed by atoms with Crippen molar-refractivity contribution in [1.29, 1.82) is 5.26 Å². The summed E-state index contributed by atoms with van der Waals surface area (Å²) in [6.07, 6.45) is 3.77. The van der Waals surface area contributed by atoms with Crippen LogP contribution in [0.3, 0.4) is 0 Å². The Labute approximate surface area is 115 Å². The fraction of sp³-hybridized carbons (Fsp3) is 0.533. The zero-order valence-electron chi connectivity index (χ0n) is 11.5. The number of ether oxygens (including phenoxy) is 1. The Bertz CT molecular complexity index is 447. The van der Waals surface area contributed by atoms with E-state index in [9.17, 15) is 0 Å². The van der Waals surface area contributed by atoms with E-state index in [1.807, 2.05) is 12.1 Å². The van der Waals surface area contributed by atoms with E-state index in [-0.39, 0.29) is 0 Å². The number of methoxy groups -OCH3 is 1. The largest absolute Gasteiger partial charge is 0.497 e. The number of hydrogen-bond acceptors (Lipinski definition) is 4. The van der Waals surface area contributed by atoms with Crippen LogP contribution in [0.25, 0.3) is 0 Å². The molecule has 4 nitrogen and oxygen atoms in total. The van der Waals surface area contributed by atoms with Gasteiger partial charge in [-0.15, -0.1) is 0 Å². The minimum Gasteiger partial charge on any atom is -0.497 e. The first-order chi connectivity index (χ1) is 9.33. The van der Waals surface area contributed by atoms with Gasteiger partial charge >= 0.3 is 0 Å². The van der Waals surface area contributed by atoms with Gasteiger partial charge in [-0.25, -0.2) is 0 Å². The van der Waals surface area contributed by atoms with Crippen molar-refractivity contribution >= 4 is 5.69 Å². The van der Waals surface area contributed by atoms with E-state index in [1.165, 1.54) is 25.9 Å². The molecule has 0 aromatic heterocycles. The van der Waals surface area contributed by atoms with Crippen LogP contribution in [-0.4, -0.2) is 38.2 Å². The quantitative estimate of drug-likeness (QED) is 0.797. The van der Waals surface area contributed by atoms with Crippen molar-refractivity contribution in [2.24, 2.45) is 0 Å². The summed E-state index contributed by atoms with van der Waals surface area (Å²) in [6, 6.07) is 7.69. The van der Waals surface area contributed by atoms with Crippen LogP contribution >= 0.6 is 0 Å². The Balaban J connectivity index is 1.82. The fourth-order valence-electron chi connectivity index (χ4n) is 2.43. The van der Waals surface area contributed by atoms with E-state index in [4.69, 9.17) is 10.00 Å². The molecule has 1 saturated heterocycles. The standard InChI is InChI=1S/C15H21N3O/c1-19-14-6-5-13(12-16)15(11-14)17-7-4-10-18-8-2-3-9-18/h5-6,11,17H,2-4,7-10H2,1H3. The zero-order chi connectivity index (χ0) is 13.5. The molecule has 1 aromatic carbocycles. The highest BCUT2D eigenvalue weighted by molar-refractivity contribution is 5.60. The summed E-state index contributed by atoms with van der Waals surface area (Å²) in [5, 5.41) is 12.4. The molecule has 1 aliphatic heterocycles. The van der Waals surface area contributed by atoms with E-state index in [0.29, 0.717) is 5.56 Å². The second-order valence-electron chi connectivity index (χ2n) is 4.85. The van der Waals surface area contributed by atoms with Crippen molar-refractivity contribution in [3.8, 4) is 11.8 Å². The lowest BCUT2D eigenvalue weighted by atomic mass is 10.2. The highest BCUT2D eigenvalue weighted by Crippen LogP contribution is 2.21. The highest BCUT2D eigenvalue weighted by atomic mass is 16.5. The Morgan fingerprint density at radius 1 is 1.37 bits per heavy atom. The number of hydrogen-bond donors (Lipinski definition) is 1. The highest BCUT2D eigenvalue weighted by Gasteiger charge is 2.10. The maximum absolute atomic E-state index is 9.07. The van der Waals surface area contributed by atoms with Crippen LogP contribution < -0.4 is 10.1 Å². The summed E-state index contributed by atoms with van der Waals surface area (Å²) in [5.74, 6) is 0.779. The molecule has 0 atom stereocenters. The fourth-order valence-corrected chi connectivity index (χ4v) is 2.43. The monoisotopic (exact) mass is 259 g/mol. The molecule has 0 aliphatic carbocycles. The van der Waals surface area contributed by atoms with Gasteiger partial charge in [0.15, 0.2) is 0 Å². The summed E-state index contributed by atoms with van der Waals surface area (Å²) < 4.78 is 5.18. The van der Waals surface area contributed by atoms with Gasteiger partial charge in [0.25, 0.3) is 0 Å². The molecule has 102 valence electrons. The maximum Gasteiger partial charge on any atom is 0.121 e. The topological polar surface area (TPSA) is 48.3 Å². The average molecular weight is 259 g/mol. The summed E-state index contributed by atoms with van der Waals surface area (Å²) in [5.41, 5.74) is 1.53. The van der Waals surface area contributed by atoms with Crippen molar-refractivity contribution in [1.82, 2.24) is 4.90 Å². The molecule has 1 aromatic rings. The molecule has 1 fully saturated rings. The van der Waals surface area contributed by atoms with E-state index in [0.717, 1.165) is 30.9 Å². The molecule has 0 spiro atoms. The number of nitrogens with one attached hydrogen (secondary N) is 1. The Hall–Kier alpha value is -1.73. The van der Waals surface area contributed by atoms with Gasteiger partial charge in [0, 0.05) is 12.6 Å². The molecule has 1 N–H and O–H groups in total. The number of rotatable bonds is 6. The molecule has 0 saturated carbocycles. The van der Waals surface area contributed by atoms with Gasteiger partial charge in [-0.1, -0.05) is 0 Å². The predicted molar refractivity (Wildman–Crippen MR) is 76.5 cm³/mol. The lowest BCUT2D eigenvalue weighted by Crippen LogP contribution is -2.22. The maximum atomic E-state index is 9.07. The van der Waals surface area contributed by atoms with Crippen LogP contribution in [0.2, 0.25) is 0 Å². The predicted octanol–water partition coefficient (Wildman–Crippen LogP) is 2.46. The van der Waals surface area contributed by atoms with Crippen LogP contribution in [0.1, 0.15) is 24.8 Å². The van der Waals surface area contributed by atoms with E-state index >= 15 is 0 Å². The summed E-state index contributed by atoms with van der Waals surface area (Å²) in [7, 11) is 1.64. The minimum atomic E-state index is 0.668. The molecule has 0 radical (unpaired) electrons. The number of nitriles is 1. The lowest BCUT2D eigenvalue weighted by molar-refractivity contribution is 0.337. The molecular formula is C15H21N3O. The minimum absolute atomic E-state index is 0.668. The zero-order valence-corrected chi connectivity index (χ0v) is 11.5. The first kappa shape index (κ1) is 13.7. The third-order valence-electron chi connectivity index (χ3n) is 3.51. The molecule has 2 rings (SSSR count). The van der Waals surface area contributed by atoms with Crippen LogP contribution in [-0.2, 0) is 0 Å². The van der Waals surface area contributed by atoms with Crippen LogP contribution in [0.4, 0.5) is 5.69 Å². The smallest absolute Gasteiger partial charge is 0.121 e. The third kappa shape index (κ3) is 3.87. The normalized spacial score (nSPS) is 15.2. The average Bonchev–Trinajstić information content (AvgIpc) is 2.96. The molecule has 1 heterocycles. The summed E-state index contributed by atoms with van der Waals surface area (Å²) >= 11 is 0.